The lowest BCUT2D eigenvalue weighted by atomic mass is 9.92. The van der Waals surface area contributed by atoms with Gasteiger partial charge in [0.25, 0.3) is 0 Å². The van der Waals surface area contributed by atoms with Crippen LogP contribution in [-0.2, 0) is 16.0 Å². The molecule has 46 heavy (non-hydrogen) atoms. The van der Waals surface area contributed by atoms with Crippen LogP contribution < -0.4 is 10.2 Å². The highest BCUT2D eigenvalue weighted by Gasteiger charge is 2.44. The van der Waals surface area contributed by atoms with E-state index in [9.17, 15) is 14.4 Å². The largest absolute Gasteiger partial charge is 0.373 e. The van der Waals surface area contributed by atoms with Gasteiger partial charge in [-0.05, 0) is 62.9 Å². The van der Waals surface area contributed by atoms with E-state index in [0.717, 1.165) is 61.3 Å². The fraction of sp³-hybridized carbons (Fsp3) is 0.583. The average Bonchev–Trinajstić information content (AvgIpc) is 3.22. The monoisotopic (exact) mass is 648 g/mol. The minimum atomic E-state index is -0.412. The first-order valence-electron chi connectivity index (χ1n) is 16.8. The molecule has 4 amide bonds. The van der Waals surface area contributed by atoms with Crippen LogP contribution in [0.1, 0.15) is 63.0 Å². The fourth-order valence-electron chi connectivity index (χ4n) is 6.61. The molecule has 2 atom stereocenters. The predicted molar refractivity (Wildman–Crippen MR) is 188 cm³/mol. The van der Waals surface area contributed by atoms with Crippen molar-refractivity contribution in [1.82, 2.24) is 19.6 Å². The Hall–Kier alpha value is -3.24. The van der Waals surface area contributed by atoms with Crippen molar-refractivity contribution < 1.29 is 14.4 Å². The van der Waals surface area contributed by atoms with Crippen LogP contribution in [0.5, 0.6) is 0 Å². The molecule has 2 aromatic rings. The number of likely N-dealkylation sites (tertiary alicyclic amines) is 1. The van der Waals surface area contributed by atoms with Crippen LogP contribution in [0.2, 0.25) is 0 Å². The number of hydrogen-bond acceptors (Lipinski definition) is 6. The normalized spacial score (nSPS) is 21.0. The predicted octanol–water partition coefficient (Wildman–Crippen LogP) is 5.53. The molecule has 0 bridgehead atoms. The Balaban J connectivity index is 1.24. The minimum Gasteiger partial charge on any atom is -0.373 e. The number of urea groups is 1. The summed E-state index contributed by atoms with van der Waals surface area (Å²) < 4.78 is 0. The maximum absolute atomic E-state index is 14.0. The Bertz CT molecular complexity index is 1390. The Morgan fingerprint density at radius 1 is 0.957 bits per heavy atom. The van der Waals surface area contributed by atoms with Gasteiger partial charge in [-0.1, -0.05) is 57.2 Å². The number of carbonyl (C=O) groups excluding carboxylic acids is 3. The Labute approximate surface area is 279 Å². The van der Waals surface area contributed by atoms with Crippen LogP contribution in [0, 0.1) is 5.41 Å². The second kappa shape index (κ2) is 14.7. The molecule has 5 rings (SSSR count). The van der Waals surface area contributed by atoms with Crippen molar-refractivity contribution in [3.63, 3.8) is 0 Å². The van der Waals surface area contributed by atoms with Crippen LogP contribution in [0.4, 0.5) is 16.2 Å². The number of fused-ring (bicyclic) bond motifs is 1. The Morgan fingerprint density at radius 2 is 1.65 bits per heavy atom. The minimum absolute atomic E-state index is 0.0323. The van der Waals surface area contributed by atoms with Crippen molar-refractivity contribution in [2.45, 2.75) is 69.5 Å². The fourth-order valence-corrected chi connectivity index (χ4v) is 8.12. The lowest BCUT2D eigenvalue weighted by Crippen LogP contribution is -2.50. The number of nitrogens with zero attached hydrogens (tertiary/aromatic N) is 5. The number of thioether (sulfide) groups is 1. The van der Waals surface area contributed by atoms with E-state index in [-0.39, 0.29) is 41.1 Å². The van der Waals surface area contributed by atoms with Crippen molar-refractivity contribution in [2.75, 3.05) is 70.6 Å². The zero-order chi connectivity index (χ0) is 33.0. The van der Waals surface area contributed by atoms with Crippen LogP contribution in [0.15, 0.2) is 48.5 Å². The number of anilines is 2. The third-order valence-corrected chi connectivity index (χ3v) is 11.0. The van der Waals surface area contributed by atoms with E-state index < -0.39 is 5.25 Å². The quantitative estimate of drug-likeness (QED) is 0.365. The molecular formula is C36H52N6O3S. The van der Waals surface area contributed by atoms with Gasteiger partial charge in [0, 0.05) is 75.7 Å². The summed E-state index contributed by atoms with van der Waals surface area (Å²) >= 11 is 1.63. The molecule has 2 aromatic carbocycles. The van der Waals surface area contributed by atoms with Crippen LogP contribution in [0.3, 0.4) is 0 Å². The molecule has 250 valence electrons. The number of piperidine rings is 1. The van der Waals surface area contributed by atoms with E-state index in [4.69, 9.17) is 0 Å². The molecule has 3 aliphatic heterocycles. The van der Waals surface area contributed by atoms with E-state index >= 15 is 0 Å². The van der Waals surface area contributed by atoms with Crippen LogP contribution >= 0.6 is 11.8 Å². The van der Waals surface area contributed by atoms with Gasteiger partial charge in [-0.15, -0.1) is 11.8 Å². The summed E-state index contributed by atoms with van der Waals surface area (Å²) in [5, 5.41) is 2.53. The number of nitrogens with one attached hydrogen (secondary N) is 1. The van der Waals surface area contributed by atoms with Crippen molar-refractivity contribution >= 4 is 41.0 Å². The van der Waals surface area contributed by atoms with Crippen LogP contribution in [0.25, 0.3) is 0 Å². The molecule has 3 heterocycles. The number of carbonyl (C=O) groups is 3. The number of para-hydroxylation sites is 2. The molecule has 10 heteroatoms. The topological polar surface area (TPSA) is 79.4 Å². The first-order valence-corrected chi connectivity index (χ1v) is 17.7. The zero-order valence-corrected chi connectivity index (χ0v) is 29.3. The van der Waals surface area contributed by atoms with Crippen LogP contribution in [-0.4, -0.2) is 109 Å². The first kappa shape index (κ1) is 34.1. The van der Waals surface area contributed by atoms with Gasteiger partial charge in [-0.25, -0.2) is 4.79 Å². The van der Waals surface area contributed by atoms with E-state index in [1.165, 1.54) is 0 Å². The summed E-state index contributed by atoms with van der Waals surface area (Å²) in [6, 6.07) is 16.4. The molecule has 0 aliphatic carbocycles. The maximum Gasteiger partial charge on any atom is 0.322 e. The molecule has 3 aliphatic rings. The Morgan fingerprint density at radius 3 is 2.37 bits per heavy atom. The molecule has 2 fully saturated rings. The summed E-state index contributed by atoms with van der Waals surface area (Å²) in [6.45, 7) is 11.0. The molecule has 0 spiro atoms. The molecule has 1 N–H and O–H groups in total. The van der Waals surface area contributed by atoms with E-state index in [0.29, 0.717) is 26.2 Å². The van der Waals surface area contributed by atoms with Crippen molar-refractivity contribution in [1.29, 1.82) is 0 Å². The highest BCUT2D eigenvalue weighted by Crippen LogP contribution is 2.47. The van der Waals surface area contributed by atoms with Gasteiger partial charge in [-0.2, -0.15) is 0 Å². The highest BCUT2D eigenvalue weighted by atomic mass is 32.2. The molecule has 9 nitrogen and oxygen atoms in total. The third kappa shape index (κ3) is 8.18. The number of benzene rings is 2. The summed E-state index contributed by atoms with van der Waals surface area (Å²) in [4.78, 5) is 51.1. The summed E-state index contributed by atoms with van der Waals surface area (Å²) in [5.41, 5.74) is 4.39. The smallest absolute Gasteiger partial charge is 0.322 e. The second-order valence-electron chi connectivity index (χ2n) is 14.4. The van der Waals surface area contributed by atoms with Gasteiger partial charge in [0.15, 0.2) is 0 Å². The summed E-state index contributed by atoms with van der Waals surface area (Å²) in [6.07, 6.45) is 3.39. The molecule has 0 aromatic heterocycles. The number of rotatable bonds is 10. The van der Waals surface area contributed by atoms with Gasteiger partial charge in [0.1, 0.15) is 5.37 Å². The highest BCUT2D eigenvalue weighted by molar-refractivity contribution is 8.01. The molecule has 2 saturated heterocycles. The molecule has 2 unspecified atom stereocenters. The molecular weight excluding hydrogens is 597 g/mol. The zero-order valence-electron chi connectivity index (χ0n) is 28.5. The summed E-state index contributed by atoms with van der Waals surface area (Å²) in [5.74, 6) is 0.0962. The van der Waals surface area contributed by atoms with Crippen molar-refractivity contribution in [3.05, 3.63) is 59.7 Å². The third-order valence-electron chi connectivity index (χ3n) is 9.49. The summed E-state index contributed by atoms with van der Waals surface area (Å²) in [7, 11) is 6.27. The lowest BCUT2D eigenvalue weighted by molar-refractivity contribution is -0.137. The molecule has 0 saturated carbocycles. The SMILES string of the molecule is CN(C)CCN(C)c1ccccc1C1SC(CC(=O)N2CCC(N3CCc4ccccc4NC3=O)CC2)C(=O)N1CCC(C)(C)C. The number of likely N-dealkylation sites (N-methyl/N-ethyl adjacent to an activating group) is 2. The second-order valence-corrected chi connectivity index (χ2v) is 15.7. The van der Waals surface area contributed by atoms with Crippen molar-refractivity contribution in [3.8, 4) is 0 Å². The number of hydrogen-bond donors (Lipinski definition) is 1. The van der Waals surface area contributed by atoms with E-state index in [2.05, 4.69) is 87.4 Å². The van der Waals surface area contributed by atoms with Gasteiger partial charge < -0.3 is 29.8 Å². The van der Waals surface area contributed by atoms with Gasteiger partial charge in [0.05, 0.1) is 5.25 Å². The lowest BCUT2D eigenvalue weighted by Gasteiger charge is -2.38. The first-order chi connectivity index (χ1) is 21.9. The van der Waals surface area contributed by atoms with E-state index in [1.807, 2.05) is 32.9 Å². The molecule has 0 radical (unpaired) electrons. The van der Waals surface area contributed by atoms with Gasteiger partial charge >= 0.3 is 6.03 Å². The maximum atomic E-state index is 14.0. The standard InChI is InChI=1S/C36H52N6O3S/c1-36(2,3)18-22-42-33(44)31(46-34(42)28-12-8-10-14-30(28)39(6)24-23-38(4)5)25-32(43)40-19-16-27(17-20-40)41-21-15-26-11-7-9-13-29(26)37-35(41)45/h7-14,27,31,34H,15-25H2,1-6H3,(H,37,45). The number of amides is 4. The van der Waals surface area contributed by atoms with E-state index in [1.54, 1.807) is 11.8 Å². The van der Waals surface area contributed by atoms with Crippen molar-refractivity contribution in [2.24, 2.45) is 5.41 Å². The Kier molecular flexibility index (Phi) is 10.9. The van der Waals surface area contributed by atoms with Gasteiger partial charge in [-0.3, -0.25) is 9.59 Å². The average molecular weight is 649 g/mol. The van der Waals surface area contributed by atoms with Gasteiger partial charge in [0.2, 0.25) is 11.8 Å².